The molecule has 0 aliphatic heterocycles. The zero-order valence-electron chi connectivity index (χ0n) is 8.11. The number of hydrogen-bond acceptors (Lipinski definition) is 1. The van der Waals surface area contributed by atoms with Crippen molar-refractivity contribution < 1.29 is 4.21 Å². The van der Waals surface area contributed by atoms with E-state index in [1.54, 1.807) is 0 Å². The maximum atomic E-state index is 11.6. The fourth-order valence-corrected chi connectivity index (χ4v) is 3.15. The summed E-state index contributed by atoms with van der Waals surface area (Å²) in [6.45, 7) is 2.03. The topological polar surface area (TPSA) is 17.1 Å². The summed E-state index contributed by atoms with van der Waals surface area (Å²) in [4.78, 5) is 0.895. The fraction of sp³-hybridized carbons (Fsp3) is 0.300. The standard InChI is InChI=1S/C10H14OS2/c1-9-4-6-10(7-5-9)13(11)8-12(2)3/h4-8H,1-3H3. The van der Waals surface area contributed by atoms with E-state index < -0.39 is 10.8 Å². The van der Waals surface area contributed by atoms with Crippen LogP contribution in [0.5, 0.6) is 0 Å². The third-order valence-corrected chi connectivity index (χ3v) is 4.51. The molecule has 0 aromatic heterocycles. The van der Waals surface area contributed by atoms with Crippen LogP contribution in [0.15, 0.2) is 29.2 Å². The molecule has 0 saturated carbocycles. The predicted octanol–water partition coefficient (Wildman–Crippen LogP) is 2.39. The van der Waals surface area contributed by atoms with Gasteiger partial charge in [0.25, 0.3) is 0 Å². The maximum Gasteiger partial charge on any atom is 0.0831 e. The molecule has 1 unspecified atom stereocenters. The highest BCUT2D eigenvalue weighted by Crippen LogP contribution is 2.09. The summed E-state index contributed by atoms with van der Waals surface area (Å²) in [7, 11) is -0.811. The zero-order chi connectivity index (χ0) is 9.84. The van der Waals surface area contributed by atoms with Crippen molar-refractivity contribution in [1.82, 2.24) is 0 Å². The molecule has 0 aliphatic carbocycles. The molecule has 0 saturated heterocycles. The van der Waals surface area contributed by atoms with Crippen LogP contribution in [0.1, 0.15) is 5.56 Å². The molecule has 1 nitrogen and oxygen atoms in total. The maximum absolute atomic E-state index is 11.6. The first-order valence-corrected chi connectivity index (χ1v) is 7.30. The van der Waals surface area contributed by atoms with Gasteiger partial charge in [0.2, 0.25) is 0 Å². The lowest BCUT2D eigenvalue weighted by atomic mass is 10.2. The molecule has 1 aromatic carbocycles. The molecule has 72 valence electrons. The van der Waals surface area contributed by atoms with Gasteiger partial charge in [-0.15, -0.1) is 0 Å². The van der Waals surface area contributed by atoms with Crippen LogP contribution in [0.4, 0.5) is 0 Å². The van der Waals surface area contributed by atoms with Gasteiger partial charge in [0, 0.05) is 9.59 Å². The molecule has 13 heavy (non-hydrogen) atoms. The van der Waals surface area contributed by atoms with Crippen LogP contribution in [0.2, 0.25) is 0 Å². The normalized spacial score (nSPS) is 12.9. The molecule has 0 N–H and O–H groups in total. The summed E-state index contributed by atoms with van der Waals surface area (Å²) in [6.07, 6.45) is 4.12. The Morgan fingerprint density at radius 1 is 1.15 bits per heavy atom. The molecule has 0 amide bonds. The van der Waals surface area contributed by atoms with Crippen molar-refractivity contribution in [3.63, 3.8) is 0 Å². The van der Waals surface area contributed by atoms with E-state index in [9.17, 15) is 4.21 Å². The Hall–Kier alpha value is -0.410. The molecular formula is C10H14OS2. The van der Waals surface area contributed by atoms with Crippen LogP contribution >= 0.6 is 10.5 Å². The molecule has 0 bridgehead atoms. The third kappa shape index (κ3) is 3.44. The highest BCUT2D eigenvalue weighted by molar-refractivity contribution is 8.26. The number of rotatable bonds is 2. The number of benzene rings is 1. The van der Waals surface area contributed by atoms with Crippen molar-refractivity contribution >= 4 is 26.0 Å². The number of hydrogen-bond donors (Lipinski definition) is 0. The molecule has 0 aliphatic rings. The summed E-state index contributed by atoms with van der Waals surface area (Å²) >= 11 is 0. The highest BCUT2D eigenvalue weighted by Gasteiger charge is 1.98. The Morgan fingerprint density at radius 2 is 1.69 bits per heavy atom. The quantitative estimate of drug-likeness (QED) is 0.691. The summed E-state index contributed by atoms with van der Waals surface area (Å²) in [5, 5.41) is 0. The van der Waals surface area contributed by atoms with E-state index in [-0.39, 0.29) is 10.5 Å². The Bertz CT molecular complexity index is 334. The largest absolute Gasteiger partial charge is 0.249 e. The van der Waals surface area contributed by atoms with Crippen LogP contribution in [-0.4, -0.2) is 21.4 Å². The van der Waals surface area contributed by atoms with Crippen LogP contribution in [-0.2, 0) is 10.8 Å². The highest BCUT2D eigenvalue weighted by atomic mass is 32.2. The van der Waals surface area contributed by atoms with Crippen LogP contribution < -0.4 is 0 Å². The van der Waals surface area contributed by atoms with Gasteiger partial charge in [-0.3, -0.25) is 0 Å². The molecule has 0 spiro atoms. The average Bonchev–Trinajstić information content (AvgIpc) is 2.04. The first-order valence-electron chi connectivity index (χ1n) is 3.98. The van der Waals surface area contributed by atoms with Crippen LogP contribution in [0.3, 0.4) is 0 Å². The van der Waals surface area contributed by atoms with E-state index in [2.05, 4.69) is 12.5 Å². The molecule has 1 rings (SSSR count). The Kier molecular flexibility index (Phi) is 3.88. The summed E-state index contributed by atoms with van der Waals surface area (Å²) in [5.41, 5.74) is 1.20. The Balaban J connectivity index is 2.90. The second-order valence-corrected chi connectivity index (χ2v) is 6.68. The SMILES string of the molecule is Cc1ccc(S(=O)C=S(C)C)cc1. The van der Waals surface area contributed by atoms with Crippen molar-refractivity contribution in [3.8, 4) is 0 Å². The zero-order valence-corrected chi connectivity index (χ0v) is 9.74. The van der Waals surface area contributed by atoms with E-state index in [1.807, 2.05) is 35.9 Å². The van der Waals surface area contributed by atoms with E-state index in [0.29, 0.717) is 0 Å². The van der Waals surface area contributed by atoms with Gasteiger partial charge in [-0.25, -0.2) is 4.21 Å². The van der Waals surface area contributed by atoms with Crippen molar-refractivity contribution in [2.45, 2.75) is 11.8 Å². The minimum absolute atomic E-state index is 0.123. The van der Waals surface area contributed by atoms with Crippen molar-refractivity contribution in [2.24, 2.45) is 0 Å². The van der Waals surface area contributed by atoms with Gasteiger partial charge in [0.05, 0.1) is 10.8 Å². The van der Waals surface area contributed by atoms with Crippen molar-refractivity contribution in [2.75, 3.05) is 12.5 Å². The van der Waals surface area contributed by atoms with Gasteiger partial charge in [0.1, 0.15) is 0 Å². The molecule has 0 radical (unpaired) electrons. The monoisotopic (exact) mass is 214 g/mol. The lowest BCUT2D eigenvalue weighted by molar-refractivity contribution is 0.690. The summed E-state index contributed by atoms with van der Waals surface area (Å²) < 4.78 is 13.5. The molecule has 1 aromatic rings. The molecule has 0 heterocycles. The van der Waals surface area contributed by atoms with Gasteiger partial charge < -0.3 is 0 Å². The smallest absolute Gasteiger partial charge is 0.0831 e. The second-order valence-electron chi connectivity index (χ2n) is 3.09. The van der Waals surface area contributed by atoms with Crippen LogP contribution in [0, 0.1) is 6.92 Å². The molecule has 3 heteroatoms. The van der Waals surface area contributed by atoms with E-state index >= 15 is 0 Å². The average molecular weight is 214 g/mol. The minimum Gasteiger partial charge on any atom is -0.249 e. The first kappa shape index (κ1) is 10.7. The lowest BCUT2D eigenvalue weighted by Gasteiger charge is -1.98. The lowest BCUT2D eigenvalue weighted by Crippen LogP contribution is -1.91. The van der Waals surface area contributed by atoms with Gasteiger partial charge in [-0.1, -0.05) is 17.7 Å². The molecule has 1 atom stereocenters. The summed E-state index contributed by atoms with van der Waals surface area (Å²) in [5.74, 6) is 0. The second kappa shape index (κ2) is 4.72. The fourth-order valence-electron chi connectivity index (χ4n) is 0.903. The van der Waals surface area contributed by atoms with Gasteiger partial charge in [0.15, 0.2) is 0 Å². The Morgan fingerprint density at radius 3 is 2.15 bits per heavy atom. The Labute approximate surface area is 84.6 Å². The molecule has 0 fully saturated rings. The minimum atomic E-state index is -0.934. The van der Waals surface area contributed by atoms with Gasteiger partial charge in [-0.2, -0.15) is 10.5 Å². The van der Waals surface area contributed by atoms with E-state index in [0.717, 1.165) is 4.90 Å². The van der Waals surface area contributed by atoms with Gasteiger partial charge in [-0.05, 0) is 31.6 Å². The third-order valence-electron chi connectivity index (χ3n) is 1.53. The first-order chi connectivity index (χ1) is 6.09. The molecular weight excluding hydrogens is 200 g/mol. The van der Waals surface area contributed by atoms with E-state index in [1.165, 1.54) is 5.56 Å². The van der Waals surface area contributed by atoms with Crippen molar-refractivity contribution in [1.29, 1.82) is 0 Å². The van der Waals surface area contributed by atoms with Crippen molar-refractivity contribution in [3.05, 3.63) is 29.8 Å². The number of aryl methyl sites for hydroxylation is 1. The predicted molar refractivity (Wildman–Crippen MR) is 63.1 cm³/mol. The van der Waals surface area contributed by atoms with Gasteiger partial charge >= 0.3 is 0 Å². The summed E-state index contributed by atoms with van der Waals surface area (Å²) in [6, 6.07) is 7.83. The van der Waals surface area contributed by atoms with Crippen LogP contribution in [0.25, 0.3) is 0 Å². The van der Waals surface area contributed by atoms with E-state index in [4.69, 9.17) is 0 Å².